The molecule has 1 saturated carbocycles. The summed E-state index contributed by atoms with van der Waals surface area (Å²) in [5, 5.41) is 3.36. The highest BCUT2D eigenvalue weighted by Gasteiger charge is 2.23. The van der Waals surface area contributed by atoms with E-state index < -0.39 is 0 Å². The van der Waals surface area contributed by atoms with Gasteiger partial charge >= 0.3 is 0 Å². The van der Waals surface area contributed by atoms with Crippen molar-refractivity contribution in [2.75, 3.05) is 7.05 Å². The van der Waals surface area contributed by atoms with Gasteiger partial charge in [-0.15, -0.1) is 0 Å². The summed E-state index contributed by atoms with van der Waals surface area (Å²) in [5.41, 5.74) is 4.70. The van der Waals surface area contributed by atoms with E-state index in [0.29, 0.717) is 6.10 Å². The molecule has 0 radical (unpaired) electrons. The van der Waals surface area contributed by atoms with E-state index in [2.05, 4.69) is 54.5 Å². The molecule has 1 aromatic carbocycles. The van der Waals surface area contributed by atoms with Crippen molar-refractivity contribution in [2.45, 2.75) is 38.8 Å². The van der Waals surface area contributed by atoms with E-state index in [1.54, 1.807) is 0 Å². The second-order valence-electron chi connectivity index (χ2n) is 5.82. The Morgan fingerprint density at radius 3 is 2.48 bits per heavy atom. The average Bonchev–Trinajstić information content (AvgIpc) is 3.27. The topological polar surface area (TPSA) is 34.1 Å². The average molecular weight is 282 g/mol. The lowest BCUT2D eigenvalue weighted by atomic mass is 9.99. The smallest absolute Gasteiger partial charge is 0.119 e. The van der Waals surface area contributed by atoms with Crippen molar-refractivity contribution < 1.29 is 4.74 Å². The first-order valence-corrected chi connectivity index (χ1v) is 7.54. The zero-order valence-electron chi connectivity index (χ0n) is 12.9. The zero-order valence-corrected chi connectivity index (χ0v) is 12.9. The minimum absolute atomic E-state index is 0.112. The molecular weight excluding hydrogens is 260 g/mol. The van der Waals surface area contributed by atoms with Gasteiger partial charge in [0.05, 0.1) is 17.8 Å². The Morgan fingerprint density at radius 2 is 1.90 bits per heavy atom. The van der Waals surface area contributed by atoms with Crippen molar-refractivity contribution in [1.29, 1.82) is 0 Å². The molecule has 0 spiro atoms. The van der Waals surface area contributed by atoms with E-state index in [0.717, 1.165) is 11.4 Å². The van der Waals surface area contributed by atoms with Gasteiger partial charge in [0.1, 0.15) is 5.75 Å². The molecular formula is C18H22N2O. The van der Waals surface area contributed by atoms with E-state index in [1.807, 2.05) is 13.2 Å². The molecule has 0 aliphatic heterocycles. The Hall–Kier alpha value is -1.87. The van der Waals surface area contributed by atoms with Crippen LogP contribution in [0.4, 0.5) is 0 Å². The molecule has 2 aromatic rings. The summed E-state index contributed by atoms with van der Waals surface area (Å²) < 4.78 is 5.80. The molecule has 0 saturated heterocycles. The number of hydrogen-bond acceptors (Lipinski definition) is 3. The van der Waals surface area contributed by atoms with Crippen LogP contribution in [0.3, 0.4) is 0 Å². The van der Waals surface area contributed by atoms with Gasteiger partial charge in [-0.1, -0.05) is 18.2 Å². The second kappa shape index (κ2) is 5.86. The lowest BCUT2D eigenvalue weighted by Crippen LogP contribution is -2.20. The van der Waals surface area contributed by atoms with Crippen molar-refractivity contribution in [3.05, 3.63) is 58.9 Å². The zero-order chi connectivity index (χ0) is 14.8. The fourth-order valence-electron chi connectivity index (χ4n) is 2.61. The molecule has 110 valence electrons. The molecule has 1 N–H and O–H groups in total. The highest BCUT2D eigenvalue weighted by Crippen LogP contribution is 2.29. The standard InChI is InChI=1S/C18H22N2O/c1-12-10-13(2)17(20-11-12)18(19-3)14-4-6-15(7-5-14)21-16-8-9-16/h4-7,10-11,16,18-19H,8-9H2,1-3H3. The minimum Gasteiger partial charge on any atom is -0.490 e. The summed E-state index contributed by atoms with van der Waals surface area (Å²) in [5.74, 6) is 0.963. The number of rotatable bonds is 5. The van der Waals surface area contributed by atoms with Gasteiger partial charge in [0.15, 0.2) is 0 Å². The quantitative estimate of drug-likeness (QED) is 0.910. The van der Waals surface area contributed by atoms with Crippen LogP contribution in [0.25, 0.3) is 0 Å². The maximum Gasteiger partial charge on any atom is 0.119 e. The molecule has 1 heterocycles. The number of hydrogen-bond donors (Lipinski definition) is 1. The summed E-state index contributed by atoms with van der Waals surface area (Å²) in [6.45, 7) is 4.19. The van der Waals surface area contributed by atoms with Crippen LogP contribution >= 0.6 is 0 Å². The van der Waals surface area contributed by atoms with Crippen molar-refractivity contribution in [1.82, 2.24) is 10.3 Å². The predicted octanol–water partition coefficient (Wildman–Crippen LogP) is 3.55. The van der Waals surface area contributed by atoms with Crippen LogP contribution in [0.2, 0.25) is 0 Å². The van der Waals surface area contributed by atoms with E-state index in [-0.39, 0.29) is 6.04 Å². The molecule has 1 unspecified atom stereocenters. The molecule has 21 heavy (non-hydrogen) atoms. The number of pyridine rings is 1. The van der Waals surface area contributed by atoms with E-state index in [1.165, 1.54) is 29.5 Å². The molecule has 1 aromatic heterocycles. The third kappa shape index (κ3) is 3.24. The van der Waals surface area contributed by atoms with E-state index >= 15 is 0 Å². The molecule has 1 aliphatic carbocycles. The number of nitrogens with one attached hydrogen (secondary N) is 1. The summed E-state index contributed by atoms with van der Waals surface area (Å²) in [7, 11) is 1.97. The number of aryl methyl sites for hydroxylation is 2. The van der Waals surface area contributed by atoms with Crippen LogP contribution in [0, 0.1) is 13.8 Å². The van der Waals surface area contributed by atoms with E-state index in [4.69, 9.17) is 4.74 Å². The van der Waals surface area contributed by atoms with Crippen LogP contribution in [0.15, 0.2) is 36.5 Å². The predicted molar refractivity (Wildman–Crippen MR) is 84.7 cm³/mol. The van der Waals surface area contributed by atoms with Crippen molar-refractivity contribution in [3.63, 3.8) is 0 Å². The molecule has 3 nitrogen and oxygen atoms in total. The van der Waals surface area contributed by atoms with E-state index in [9.17, 15) is 0 Å². The Morgan fingerprint density at radius 1 is 1.19 bits per heavy atom. The first-order valence-electron chi connectivity index (χ1n) is 7.54. The molecule has 3 rings (SSSR count). The maximum absolute atomic E-state index is 5.80. The van der Waals surface area contributed by atoms with Gasteiger partial charge in [-0.3, -0.25) is 4.98 Å². The number of benzene rings is 1. The number of aromatic nitrogens is 1. The summed E-state index contributed by atoms with van der Waals surface area (Å²) >= 11 is 0. The Bertz CT molecular complexity index is 618. The van der Waals surface area contributed by atoms with Gasteiger partial charge in [-0.05, 0) is 62.6 Å². The SMILES string of the molecule is CNC(c1ccc(OC2CC2)cc1)c1ncc(C)cc1C. The maximum atomic E-state index is 5.80. The van der Waals surface area contributed by atoms with Gasteiger partial charge in [0, 0.05) is 6.20 Å². The molecule has 3 heteroatoms. The highest BCUT2D eigenvalue weighted by atomic mass is 16.5. The third-order valence-electron chi connectivity index (χ3n) is 3.86. The lowest BCUT2D eigenvalue weighted by molar-refractivity contribution is 0.303. The number of ether oxygens (including phenoxy) is 1. The largest absolute Gasteiger partial charge is 0.490 e. The fourth-order valence-corrected chi connectivity index (χ4v) is 2.61. The highest BCUT2D eigenvalue weighted by molar-refractivity contribution is 5.36. The van der Waals surface area contributed by atoms with Gasteiger partial charge in [-0.2, -0.15) is 0 Å². The fraction of sp³-hybridized carbons (Fsp3) is 0.389. The molecule has 0 amide bonds. The minimum atomic E-state index is 0.112. The third-order valence-corrected chi connectivity index (χ3v) is 3.86. The van der Waals surface area contributed by atoms with Crippen LogP contribution in [0.5, 0.6) is 5.75 Å². The Kier molecular flexibility index (Phi) is 3.93. The van der Waals surface area contributed by atoms with Gasteiger partial charge < -0.3 is 10.1 Å². The van der Waals surface area contributed by atoms with Crippen LogP contribution in [-0.2, 0) is 0 Å². The molecule has 1 aliphatic rings. The molecule has 1 atom stereocenters. The first-order chi connectivity index (χ1) is 10.2. The first kappa shape index (κ1) is 14.1. The Balaban J connectivity index is 1.84. The van der Waals surface area contributed by atoms with Crippen molar-refractivity contribution in [3.8, 4) is 5.75 Å². The van der Waals surface area contributed by atoms with Gasteiger partial charge in [0.2, 0.25) is 0 Å². The van der Waals surface area contributed by atoms with Crippen LogP contribution in [-0.4, -0.2) is 18.1 Å². The van der Waals surface area contributed by atoms with Gasteiger partial charge in [-0.25, -0.2) is 0 Å². The summed E-state index contributed by atoms with van der Waals surface area (Å²) in [4.78, 5) is 4.61. The lowest BCUT2D eigenvalue weighted by Gasteiger charge is -2.19. The molecule has 0 bridgehead atoms. The summed E-state index contributed by atoms with van der Waals surface area (Å²) in [6, 6.07) is 10.7. The normalized spacial score (nSPS) is 15.8. The summed E-state index contributed by atoms with van der Waals surface area (Å²) in [6.07, 6.45) is 4.75. The number of nitrogens with zero attached hydrogens (tertiary/aromatic N) is 1. The van der Waals surface area contributed by atoms with Crippen LogP contribution < -0.4 is 10.1 Å². The Labute approximate surface area is 126 Å². The van der Waals surface area contributed by atoms with Crippen LogP contribution in [0.1, 0.15) is 41.3 Å². The monoisotopic (exact) mass is 282 g/mol. The van der Waals surface area contributed by atoms with Gasteiger partial charge in [0.25, 0.3) is 0 Å². The second-order valence-corrected chi connectivity index (χ2v) is 5.82. The van der Waals surface area contributed by atoms with Crippen molar-refractivity contribution in [2.24, 2.45) is 0 Å². The van der Waals surface area contributed by atoms with Crippen molar-refractivity contribution >= 4 is 0 Å². The molecule has 1 fully saturated rings.